The van der Waals surface area contributed by atoms with E-state index in [-0.39, 0.29) is 0 Å². The molecule has 0 bridgehead atoms. The highest BCUT2D eigenvalue weighted by Crippen LogP contribution is 2.29. The molecule has 4 rings (SSSR count). The molecule has 1 heterocycles. The molecule has 0 saturated carbocycles. The van der Waals surface area contributed by atoms with Gasteiger partial charge < -0.3 is 9.47 Å². The SMILES string of the molecule is N#Cc1ccc(-c2ccc(OCCCCCCOc3cnc(Cl)c4ccccc34)cc2)cc1. The Morgan fingerprint density at radius 1 is 0.727 bits per heavy atom. The molecule has 0 amide bonds. The molecule has 0 unspecified atom stereocenters. The normalized spacial score (nSPS) is 10.7. The number of nitriles is 1. The molecule has 4 nitrogen and oxygen atoms in total. The molecule has 0 fully saturated rings. The zero-order chi connectivity index (χ0) is 22.9. The Kier molecular flexibility index (Phi) is 7.79. The van der Waals surface area contributed by atoms with Crippen LogP contribution in [0.5, 0.6) is 11.5 Å². The summed E-state index contributed by atoms with van der Waals surface area (Å²) in [5, 5.41) is 11.3. The van der Waals surface area contributed by atoms with E-state index in [1.54, 1.807) is 6.20 Å². The predicted molar refractivity (Wildman–Crippen MR) is 133 cm³/mol. The molecule has 0 radical (unpaired) electrons. The average molecular weight is 457 g/mol. The quantitative estimate of drug-likeness (QED) is 0.184. The van der Waals surface area contributed by atoms with E-state index in [9.17, 15) is 0 Å². The van der Waals surface area contributed by atoms with Gasteiger partial charge in [-0.25, -0.2) is 4.98 Å². The van der Waals surface area contributed by atoms with Crippen LogP contribution in [0.1, 0.15) is 31.2 Å². The Balaban J connectivity index is 1.14. The van der Waals surface area contributed by atoms with Crippen LogP contribution in [0.15, 0.2) is 79.0 Å². The lowest BCUT2D eigenvalue weighted by molar-refractivity contribution is 0.288. The third-order valence-corrected chi connectivity index (χ3v) is 5.78. The first-order valence-corrected chi connectivity index (χ1v) is 11.5. The molecule has 0 saturated heterocycles. The van der Waals surface area contributed by atoms with Crippen molar-refractivity contribution in [1.29, 1.82) is 5.26 Å². The van der Waals surface area contributed by atoms with E-state index in [1.165, 1.54) is 0 Å². The molecule has 0 spiro atoms. The van der Waals surface area contributed by atoms with Gasteiger partial charge in [-0.3, -0.25) is 0 Å². The van der Waals surface area contributed by atoms with E-state index in [0.717, 1.165) is 59.1 Å². The lowest BCUT2D eigenvalue weighted by Gasteiger charge is -2.10. The van der Waals surface area contributed by atoms with E-state index in [2.05, 4.69) is 11.1 Å². The molecule has 0 N–H and O–H groups in total. The number of aromatic nitrogens is 1. The van der Waals surface area contributed by atoms with Crippen molar-refractivity contribution >= 4 is 22.4 Å². The van der Waals surface area contributed by atoms with Crippen LogP contribution in [0.4, 0.5) is 0 Å². The highest BCUT2D eigenvalue weighted by molar-refractivity contribution is 6.34. The molecule has 3 aromatic carbocycles. The summed E-state index contributed by atoms with van der Waals surface area (Å²) in [7, 11) is 0. The van der Waals surface area contributed by atoms with Gasteiger partial charge in [0.1, 0.15) is 16.7 Å². The van der Waals surface area contributed by atoms with Crippen LogP contribution in [-0.4, -0.2) is 18.2 Å². The van der Waals surface area contributed by atoms with Crippen LogP contribution in [0.3, 0.4) is 0 Å². The second-order valence-corrected chi connectivity index (χ2v) is 8.14. The molecular formula is C28H25ClN2O2. The van der Waals surface area contributed by atoms with Crippen LogP contribution < -0.4 is 9.47 Å². The standard InChI is InChI=1S/C28H25ClN2O2/c29-28-26-8-4-3-7-25(26)27(20-31-28)33-18-6-2-1-5-17-32-24-15-13-23(14-16-24)22-11-9-21(19-30)10-12-22/h3-4,7-16,20H,1-2,5-6,17-18H2. The van der Waals surface area contributed by atoms with Crippen molar-refractivity contribution in [3.05, 3.63) is 89.7 Å². The van der Waals surface area contributed by atoms with Gasteiger partial charge in [0.2, 0.25) is 0 Å². The number of nitrogens with zero attached hydrogens (tertiary/aromatic N) is 2. The minimum Gasteiger partial charge on any atom is -0.494 e. The summed E-state index contributed by atoms with van der Waals surface area (Å²) >= 11 is 6.16. The first kappa shape index (κ1) is 22.6. The lowest BCUT2D eigenvalue weighted by Crippen LogP contribution is -2.00. The largest absolute Gasteiger partial charge is 0.494 e. The van der Waals surface area contributed by atoms with Crippen molar-refractivity contribution < 1.29 is 9.47 Å². The summed E-state index contributed by atoms with van der Waals surface area (Å²) in [6.45, 7) is 1.35. The number of unbranched alkanes of at least 4 members (excludes halogenated alkanes) is 3. The van der Waals surface area contributed by atoms with Crippen molar-refractivity contribution in [3.8, 4) is 28.7 Å². The van der Waals surface area contributed by atoms with Gasteiger partial charge in [0.25, 0.3) is 0 Å². The number of rotatable bonds is 10. The highest BCUT2D eigenvalue weighted by atomic mass is 35.5. The first-order chi connectivity index (χ1) is 16.2. The Hall–Kier alpha value is -3.55. The Bertz CT molecular complexity index is 1230. The summed E-state index contributed by atoms with van der Waals surface area (Å²) in [5.41, 5.74) is 2.86. The zero-order valence-electron chi connectivity index (χ0n) is 18.3. The number of ether oxygens (including phenoxy) is 2. The second kappa shape index (κ2) is 11.4. The fraction of sp³-hybridized carbons (Fsp3) is 0.214. The Morgan fingerprint density at radius 2 is 1.33 bits per heavy atom. The van der Waals surface area contributed by atoms with Crippen molar-refractivity contribution in [1.82, 2.24) is 4.98 Å². The fourth-order valence-electron chi connectivity index (χ4n) is 3.66. The van der Waals surface area contributed by atoms with E-state index in [4.69, 9.17) is 26.3 Å². The summed E-state index contributed by atoms with van der Waals surface area (Å²) in [4.78, 5) is 4.22. The van der Waals surface area contributed by atoms with Crippen molar-refractivity contribution in [2.45, 2.75) is 25.7 Å². The molecule has 0 aliphatic carbocycles. The van der Waals surface area contributed by atoms with Gasteiger partial charge in [0.05, 0.1) is 31.0 Å². The van der Waals surface area contributed by atoms with Gasteiger partial charge in [-0.1, -0.05) is 60.1 Å². The maximum absolute atomic E-state index is 8.91. The van der Waals surface area contributed by atoms with Crippen LogP contribution in [0.25, 0.3) is 21.9 Å². The number of hydrogen-bond donors (Lipinski definition) is 0. The number of benzene rings is 3. The molecule has 1 aromatic heterocycles. The van der Waals surface area contributed by atoms with Crippen LogP contribution in [0.2, 0.25) is 5.15 Å². The third kappa shape index (κ3) is 6.03. The smallest absolute Gasteiger partial charge is 0.145 e. The van der Waals surface area contributed by atoms with Crippen LogP contribution in [0, 0.1) is 11.3 Å². The number of hydrogen-bond acceptors (Lipinski definition) is 4. The van der Waals surface area contributed by atoms with E-state index in [1.807, 2.05) is 72.8 Å². The average Bonchev–Trinajstić information content (AvgIpc) is 2.87. The van der Waals surface area contributed by atoms with Crippen molar-refractivity contribution in [2.75, 3.05) is 13.2 Å². The molecular weight excluding hydrogens is 432 g/mol. The summed E-state index contributed by atoms with van der Waals surface area (Å²) in [6.07, 6.45) is 5.86. The second-order valence-electron chi connectivity index (χ2n) is 7.78. The van der Waals surface area contributed by atoms with Crippen molar-refractivity contribution in [2.24, 2.45) is 0 Å². The maximum Gasteiger partial charge on any atom is 0.145 e. The monoisotopic (exact) mass is 456 g/mol. The lowest BCUT2D eigenvalue weighted by atomic mass is 10.0. The number of pyridine rings is 1. The molecule has 0 aliphatic heterocycles. The topological polar surface area (TPSA) is 55.1 Å². The highest BCUT2D eigenvalue weighted by Gasteiger charge is 2.06. The molecule has 5 heteroatoms. The fourth-order valence-corrected chi connectivity index (χ4v) is 3.87. The maximum atomic E-state index is 8.91. The molecule has 166 valence electrons. The number of halogens is 1. The van der Waals surface area contributed by atoms with Gasteiger partial charge in [-0.05, 0) is 61.1 Å². The van der Waals surface area contributed by atoms with Gasteiger partial charge >= 0.3 is 0 Å². The Morgan fingerprint density at radius 3 is 2.00 bits per heavy atom. The summed E-state index contributed by atoms with van der Waals surface area (Å²) in [5.74, 6) is 1.65. The third-order valence-electron chi connectivity index (χ3n) is 5.48. The minimum atomic E-state index is 0.502. The molecule has 0 atom stereocenters. The van der Waals surface area contributed by atoms with E-state index in [0.29, 0.717) is 23.9 Å². The van der Waals surface area contributed by atoms with Gasteiger partial charge in [0.15, 0.2) is 0 Å². The summed E-state index contributed by atoms with van der Waals surface area (Å²) in [6, 6.07) is 25.7. The van der Waals surface area contributed by atoms with Crippen LogP contribution in [-0.2, 0) is 0 Å². The molecule has 33 heavy (non-hydrogen) atoms. The van der Waals surface area contributed by atoms with E-state index < -0.39 is 0 Å². The molecule has 0 aliphatic rings. The van der Waals surface area contributed by atoms with Gasteiger partial charge in [0, 0.05) is 10.8 Å². The number of fused-ring (bicyclic) bond motifs is 1. The predicted octanol–water partition coefficient (Wildman–Crippen LogP) is 7.45. The van der Waals surface area contributed by atoms with E-state index >= 15 is 0 Å². The molecule has 4 aromatic rings. The van der Waals surface area contributed by atoms with Crippen molar-refractivity contribution in [3.63, 3.8) is 0 Å². The Labute approximate surface area is 199 Å². The minimum absolute atomic E-state index is 0.502. The van der Waals surface area contributed by atoms with Crippen LogP contribution >= 0.6 is 11.6 Å². The first-order valence-electron chi connectivity index (χ1n) is 11.1. The van der Waals surface area contributed by atoms with Gasteiger partial charge in [-0.15, -0.1) is 0 Å². The summed E-state index contributed by atoms with van der Waals surface area (Å²) < 4.78 is 11.8. The zero-order valence-corrected chi connectivity index (χ0v) is 19.1. The van der Waals surface area contributed by atoms with Gasteiger partial charge in [-0.2, -0.15) is 5.26 Å².